The molecule has 1 fully saturated rings. The third-order valence-corrected chi connectivity index (χ3v) is 5.17. The average Bonchev–Trinajstić information content (AvgIpc) is 2.67. The van der Waals surface area contributed by atoms with E-state index in [-0.39, 0.29) is 29.5 Å². The van der Waals surface area contributed by atoms with Crippen LogP contribution in [0.25, 0.3) is 0 Å². The summed E-state index contributed by atoms with van der Waals surface area (Å²) in [6.45, 7) is 2.96. The van der Waals surface area contributed by atoms with Crippen LogP contribution in [0.2, 0.25) is 0 Å². The molecule has 0 saturated carbocycles. The highest BCUT2D eigenvalue weighted by molar-refractivity contribution is 5.80. The molecule has 0 bridgehead atoms. The molecule has 1 aliphatic rings. The van der Waals surface area contributed by atoms with Gasteiger partial charge in [-0.25, -0.2) is 8.78 Å². The standard InChI is InChI=1S/C21H25F2N3O/c22-17-7-3-15(4-8-17)19(16-5-9-18(23)10-6-16)2-1-12-26-13-11-25-14-20(26)21(24)27/h3-10,19-20,25H,1-2,11-14H2,(H2,24,27). The SMILES string of the molecule is NC(=O)C1CNCCN1CCCC(c1ccc(F)cc1)c1ccc(F)cc1. The molecule has 1 saturated heterocycles. The molecule has 4 nitrogen and oxygen atoms in total. The molecule has 3 N–H and O–H groups in total. The van der Waals surface area contributed by atoms with Gasteiger partial charge in [0.2, 0.25) is 5.91 Å². The van der Waals surface area contributed by atoms with E-state index < -0.39 is 0 Å². The fourth-order valence-electron chi connectivity index (χ4n) is 3.71. The van der Waals surface area contributed by atoms with Crippen molar-refractivity contribution in [1.29, 1.82) is 0 Å². The number of nitrogens with one attached hydrogen (secondary N) is 1. The van der Waals surface area contributed by atoms with Gasteiger partial charge in [-0.1, -0.05) is 24.3 Å². The number of halogens is 2. The Morgan fingerprint density at radius 3 is 2.15 bits per heavy atom. The average molecular weight is 373 g/mol. The minimum Gasteiger partial charge on any atom is -0.368 e. The van der Waals surface area contributed by atoms with Crippen LogP contribution in [0.15, 0.2) is 48.5 Å². The van der Waals surface area contributed by atoms with Gasteiger partial charge in [0.1, 0.15) is 17.7 Å². The fourth-order valence-corrected chi connectivity index (χ4v) is 3.71. The predicted octanol–water partition coefficient (Wildman–Crippen LogP) is 2.64. The van der Waals surface area contributed by atoms with Crippen molar-refractivity contribution in [1.82, 2.24) is 10.2 Å². The Balaban J connectivity index is 1.70. The zero-order valence-electron chi connectivity index (χ0n) is 15.2. The van der Waals surface area contributed by atoms with Crippen LogP contribution in [0.5, 0.6) is 0 Å². The Kier molecular flexibility index (Phi) is 6.53. The minimum absolute atomic E-state index is 0.0427. The third-order valence-electron chi connectivity index (χ3n) is 5.17. The van der Waals surface area contributed by atoms with Crippen molar-refractivity contribution in [2.75, 3.05) is 26.2 Å². The van der Waals surface area contributed by atoms with Crippen molar-refractivity contribution in [3.05, 3.63) is 71.3 Å². The molecule has 0 spiro atoms. The molecule has 6 heteroatoms. The second kappa shape index (κ2) is 9.06. The summed E-state index contributed by atoms with van der Waals surface area (Å²) >= 11 is 0. The van der Waals surface area contributed by atoms with E-state index in [0.29, 0.717) is 6.54 Å². The Labute approximate surface area is 158 Å². The monoisotopic (exact) mass is 373 g/mol. The molecule has 3 rings (SSSR count). The van der Waals surface area contributed by atoms with Crippen molar-refractivity contribution < 1.29 is 13.6 Å². The van der Waals surface area contributed by atoms with E-state index in [1.807, 2.05) is 0 Å². The highest BCUT2D eigenvalue weighted by Gasteiger charge is 2.26. The van der Waals surface area contributed by atoms with Crippen molar-refractivity contribution in [3.63, 3.8) is 0 Å². The second-order valence-electron chi connectivity index (χ2n) is 6.96. The summed E-state index contributed by atoms with van der Waals surface area (Å²) in [4.78, 5) is 13.8. The molecule has 2 aromatic rings. The van der Waals surface area contributed by atoms with Crippen LogP contribution in [-0.2, 0) is 4.79 Å². The van der Waals surface area contributed by atoms with E-state index in [4.69, 9.17) is 5.73 Å². The lowest BCUT2D eigenvalue weighted by Crippen LogP contribution is -2.56. The number of primary amides is 1. The maximum absolute atomic E-state index is 13.3. The first-order valence-corrected chi connectivity index (χ1v) is 9.29. The summed E-state index contributed by atoms with van der Waals surface area (Å²) < 4.78 is 26.6. The lowest BCUT2D eigenvalue weighted by atomic mass is 9.87. The van der Waals surface area contributed by atoms with E-state index in [1.165, 1.54) is 24.3 Å². The number of amides is 1. The van der Waals surface area contributed by atoms with Crippen molar-refractivity contribution >= 4 is 5.91 Å². The lowest BCUT2D eigenvalue weighted by molar-refractivity contribution is -0.123. The normalized spacial score (nSPS) is 18.0. The number of nitrogens with zero attached hydrogens (tertiary/aromatic N) is 1. The first-order chi connectivity index (χ1) is 13.0. The molecule has 1 atom stereocenters. The van der Waals surface area contributed by atoms with Crippen LogP contribution in [0.3, 0.4) is 0 Å². The molecule has 144 valence electrons. The molecule has 1 aliphatic heterocycles. The van der Waals surface area contributed by atoms with Gasteiger partial charge in [0.25, 0.3) is 0 Å². The fraction of sp³-hybridized carbons (Fsp3) is 0.381. The van der Waals surface area contributed by atoms with Crippen molar-refractivity contribution in [2.45, 2.75) is 24.8 Å². The summed E-state index contributed by atoms with van der Waals surface area (Å²) in [6, 6.07) is 12.6. The molecule has 0 aromatic heterocycles. The maximum atomic E-state index is 13.3. The van der Waals surface area contributed by atoms with Gasteiger partial charge in [0, 0.05) is 25.6 Å². The molecular weight excluding hydrogens is 348 g/mol. The van der Waals surface area contributed by atoms with Gasteiger partial charge in [-0.2, -0.15) is 0 Å². The van der Waals surface area contributed by atoms with Crippen LogP contribution in [0.1, 0.15) is 29.9 Å². The lowest BCUT2D eigenvalue weighted by Gasteiger charge is -2.34. The molecule has 1 amide bonds. The van der Waals surface area contributed by atoms with Crippen LogP contribution < -0.4 is 11.1 Å². The number of carbonyl (C=O) groups excluding carboxylic acids is 1. The Hall–Kier alpha value is -2.31. The van der Waals surface area contributed by atoms with Gasteiger partial charge >= 0.3 is 0 Å². The van der Waals surface area contributed by atoms with E-state index in [0.717, 1.165) is 43.6 Å². The van der Waals surface area contributed by atoms with E-state index in [2.05, 4.69) is 10.2 Å². The number of benzene rings is 2. The zero-order chi connectivity index (χ0) is 19.2. The number of piperazine rings is 1. The molecule has 0 radical (unpaired) electrons. The Bertz CT molecular complexity index is 704. The topological polar surface area (TPSA) is 58.4 Å². The smallest absolute Gasteiger partial charge is 0.236 e. The van der Waals surface area contributed by atoms with Crippen molar-refractivity contribution in [3.8, 4) is 0 Å². The molecule has 0 aliphatic carbocycles. The summed E-state index contributed by atoms with van der Waals surface area (Å²) in [7, 11) is 0. The molecular formula is C21H25F2N3O. The molecule has 27 heavy (non-hydrogen) atoms. The van der Waals surface area contributed by atoms with Crippen molar-refractivity contribution in [2.24, 2.45) is 5.73 Å². The maximum Gasteiger partial charge on any atom is 0.236 e. The zero-order valence-corrected chi connectivity index (χ0v) is 15.2. The summed E-state index contributed by atoms with van der Waals surface area (Å²) in [6.07, 6.45) is 1.66. The molecule has 1 heterocycles. The summed E-state index contributed by atoms with van der Waals surface area (Å²) in [5.74, 6) is -0.819. The largest absolute Gasteiger partial charge is 0.368 e. The highest BCUT2D eigenvalue weighted by Crippen LogP contribution is 2.30. The van der Waals surface area contributed by atoms with Gasteiger partial charge in [-0.3, -0.25) is 9.69 Å². The van der Waals surface area contributed by atoms with Crippen LogP contribution in [0, 0.1) is 11.6 Å². The molecule has 1 unspecified atom stereocenters. The van der Waals surface area contributed by atoms with E-state index >= 15 is 0 Å². The quantitative estimate of drug-likeness (QED) is 0.785. The van der Waals surface area contributed by atoms with Gasteiger partial charge in [0.05, 0.1) is 0 Å². The highest BCUT2D eigenvalue weighted by atomic mass is 19.1. The van der Waals surface area contributed by atoms with E-state index in [9.17, 15) is 13.6 Å². The van der Waals surface area contributed by atoms with Gasteiger partial charge in [-0.15, -0.1) is 0 Å². The number of carbonyl (C=O) groups is 1. The Morgan fingerprint density at radius 2 is 1.63 bits per heavy atom. The number of hydrogen-bond donors (Lipinski definition) is 2. The van der Waals surface area contributed by atoms with Gasteiger partial charge in [-0.05, 0) is 54.8 Å². The van der Waals surface area contributed by atoms with Gasteiger partial charge in [0.15, 0.2) is 0 Å². The number of rotatable bonds is 7. The van der Waals surface area contributed by atoms with E-state index in [1.54, 1.807) is 24.3 Å². The van der Waals surface area contributed by atoms with Crippen LogP contribution in [0.4, 0.5) is 8.78 Å². The number of hydrogen-bond acceptors (Lipinski definition) is 3. The first kappa shape index (κ1) is 19.5. The molecule has 2 aromatic carbocycles. The minimum atomic E-state index is -0.309. The third kappa shape index (κ3) is 5.11. The predicted molar refractivity (Wildman–Crippen MR) is 101 cm³/mol. The summed E-state index contributed by atoms with van der Waals surface area (Å²) in [5.41, 5.74) is 7.50. The van der Waals surface area contributed by atoms with Gasteiger partial charge < -0.3 is 11.1 Å². The number of nitrogens with two attached hydrogens (primary N) is 1. The Morgan fingerprint density at radius 1 is 1.07 bits per heavy atom. The van der Waals surface area contributed by atoms with Crippen LogP contribution >= 0.6 is 0 Å². The van der Waals surface area contributed by atoms with Crippen LogP contribution in [-0.4, -0.2) is 43.0 Å². The second-order valence-corrected chi connectivity index (χ2v) is 6.96. The summed E-state index contributed by atoms with van der Waals surface area (Å²) in [5, 5.41) is 3.19. The first-order valence-electron chi connectivity index (χ1n) is 9.29.